The van der Waals surface area contributed by atoms with Gasteiger partial charge in [0.1, 0.15) is 0 Å². The SMILES string of the molecule is CC(O)CCCNC(=O)c1cccnc1. The number of aliphatic hydroxyl groups excluding tert-OH is 1. The van der Waals surface area contributed by atoms with Crippen LogP contribution in [-0.4, -0.2) is 28.6 Å². The smallest absolute Gasteiger partial charge is 0.252 e. The van der Waals surface area contributed by atoms with Crippen LogP contribution in [0.3, 0.4) is 0 Å². The first kappa shape index (κ1) is 11.7. The van der Waals surface area contributed by atoms with Crippen LogP contribution >= 0.6 is 0 Å². The normalized spacial score (nSPS) is 12.1. The number of amides is 1. The van der Waals surface area contributed by atoms with Crippen LogP contribution in [0.15, 0.2) is 24.5 Å². The number of hydrogen-bond acceptors (Lipinski definition) is 3. The molecule has 1 aromatic heterocycles. The minimum Gasteiger partial charge on any atom is -0.393 e. The Bertz CT molecular complexity index is 299. The molecule has 0 radical (unpaired) electrons. The molecule has 0 bridgehead atoms. The second-order valence-electron chi connectivity index (χ2n) is 3.49. The Hall–Kier alpha value is -1.42. The lowest BCUT2D eigenvalue weighted by atomic mass is 10.2. The average Bonchev–Trinajstić information content (AvgIpc) is 2.25. The fourth-order valence-electron chi connectivity index (χ4n) is 1.20. The van der Waals surface area contributed by atoms with Crippen LogP contribution in [0, 0.1) is 0 Å². The zero-order valence-corrected chi connectivity index (χ0v) is 8.81. The third-order valence-corrected chi connectivity index (χ3v) is 2.01. The molecule has 0 fully saturated rings. The van der Waals surface area contributed by atoms with Crippen LogP contribution in [0.1, 0.15) is 30.1 Å². The number of nitrogens with zero attached hydrogens (tertiary/aromatic N) is 1. The molecule has 1 heterocycles. The Balaban J connectivity index is 2.25. The number of rotatable bonds is 5. The van der Waals surface area contributed by atoms with Gasteiger partial charge in [-0.3, -0.25) is 9.78 Å². The van der Waals surface area contributed by atoms with Gasteiger partial charge < -0.3 is 10.4 Å². The van der Waals surface area contributed by atoms with Gasteiger partial charge in [-0.05, 0) is 31.9 Å². The highest BCUT2D eigenvalue weighted by Crippen LogP contribution is 1.97. The molecule has 0 saturated carbocycles. The second-order valence-corrected chi connectivity index (χ2v) is 3.49. The summed E-state index contributed by atoms with van der Waals surface area (Å²) in [5, 5.41) is 11.8. The van der Waals surface area contributed by atoms with Crippen molar-refractivity contribution in [2.45, 2.75) is 25.9 Å². The summed E-state index contributed by atoms with van der Waals surface area (Å²) in [7, 11) is 0. The lowest BCUT2D eigenvalue weighted by Crippen LogP contribution is -2.25. The largest absolute Gasteiger partial charge is 0.393 e. The van der Waals surface area contributed by atoms with E-state index in [9.17, 15) is 4.79 Å². The van der Waals surface area contributed by atoms with Gasteiger partial charge in [0.15, 0.2) is 0 Å². The Morgan fingerprint density at radius 1 is 1.67 bits per heavy atom. The predicted octanol–water partition coefficient (Wildman–Crippen LogP) is 0.972. The van der Waals surface area contributed by atoms with E-state index in [4.69, 9.17) is 5.11 Å². The van der Waals surface area contributed by atoms with E-state index in [-0.39, 0.29) is 12.0 Å². The van der Waals surface area contributed by atoms with Crippen LogP contribution in [0.5, 0.6) is 0 Å². The number of nitrogens with one attached hydrogen (secondary N) is 1. The van der Waals surface area contributed by atoms with Crippen LogP contribution < -0.4 is 5.32 Å². The molecule has 1 rings (SSSR count). The molecule has 0 aliphatic rings. The van der Waals surface area contributed by atoms with Gasteiger partial charge in [0.2, 0.25) is 0 Å². The van der Waals surface area contributed by atoms with E-state index in [0.29, 0.717) is 18.5 Å². The molecule has 15 heavy (non-hydrogen) atoms. The summed E-state index contributed by atoms with van der Waals surface area (Å²) in [6.07, 6.45) is 4.34. The van der Waals surface area contributed by atoms with Crippen LogP contribution in [0.2, 0.25) is 0 Å². The average molecular weight is 208 g/mol. The monoisotopic (exact) mass is 208 g/mol. The first-order valence-corrected chi connectivity index (χ1v) is 5.06. The molecular formula is C11H16N2O2. The zero-order chi connectivity index (χ0) is 11.1. The third kappa shape index (κ3) is 4.56. The molecule has 1 atom stereocenters. The van der Waals surface area contributed by atoms with Crippen LogP contribution in [0.25, 0.3) is 0 Å². The van der Waals surface area contributed by atoms with E-state index in [1.165, 1.54) is 6.20 Å². The lowest BCUT2D eigenvalue weighted by Gasteiger charge is -2.05. The summed E-state index contributed by atoms with van der Waals surface area (Å²) in [6, 6.07) is 3.45. The van der Waals surface area contributed by atoms with Gasteiger partial charge in [-0.1, -0.05) is 0 Å². The maximum atomic E-state index is 11.5. The molecule has 0 aliphatic heterocycles. The highest BCUT2D eigenvalue weighted by atomic mass is 16.3. The molecular weight excluding hydrogens is 192 g/mol. The van der Waals surface area contributed by atoms with Crippen molar-refractivity contribution in [2.75, 3.05) is 6.54 Å². The van der Waals surface area contributed by atoms with E-state index >= 15 is 0 Å². The minimum atomic E-state index is -0.305. The molecule has 4 heteroatoms. The number of hydrogen-bond donors (Lipinski definition) is 2. The number of carbonyl (C=O) groups is 1. The van der Waals surface area contributed by atoms with Gasteiger partial charge in [0, 0.05) is 18.9 Å². The first-order chi connectivity index (χ1) is 7.20. The van der Waals surface area contributed by atoms with Gasteiger partial charge in [-0.15, -0.1) is 0 Å². The Labute approximate surface area is 89.3 Å². The molecule has 1 amide bonds. The maximum Gasteiger partial charge on any atom is 0.252 e. The summed E-state index contributed by atoms with van der Waals surface area (Å²) in [6.45, 7) is 2.32. The fraction of sp³-hybridized carbons (Fsp3) is 0.455. The van der Waals surface area contributed by atoms with E-state index in [2.05, 4.69) is 10.3 Å². The maximum absolute atomic E-state index is 11.5. The van der Waals surface area contributed by atoms with Crippen molar-refractivity contribution in [2.24, 2.45) is 0 Å². The standard InChI is InChI=1S/C11H16N2O2/c1-9(14)4-2-7-13-11(15)10-5-3-6-12-8-10/h3,5-6,8-9,14H,2,4,7H2,1H3,(H,13,15). The van der Waals surface area contributed by atoms with Crippen LogP contribution in [0.4, 0.5) is 0 Å². The van der Waals surface area contributed by atoms with Gasteiger partial charge in [0.25, 0.3) is 5.91 Å². The van der Waals surface area contributed by atoms with Gasteiger partial charge in [-0.25, -0.2) is 0 Å². The molecule has 4 nitrogen and oxygen atoms in total. The zero-order valence-electron chi connectivity index (χ0n) is 8.81. The Morgan fingerprint density at radius 2 is 2.47 bits per heavy atom. The van der Waals surface area contributed by atoms with Crippen molar-refractivity contribution in [1.82, 2.24) is 10.3 Å². The molecule has 0 spiro atoms. The number of pyridine rings is 1. The highest BCUT2D eigenvalue weighted by Gasteiger charge is 2.03. The van der Waals surface area contributed by atoms with E-state index in [1.54, 1.807) is 25.3 Å². The molecule has 1 unspecified atom stereocenters. The summed E-state index contributed by atoms with van der Waals surface area (Å²) in [4.78, 5) is 15.3. The van der Waals surface area contributed by atoms with Crippen molar-refractivity contribution < 1.29 is 9.90 Å². The minimum absolute atomic E-state index is 0.117. The highest BCUT2D eigenvalue weighted by molar-refractivity contribution is 5.93. The van der Waals surface area contributed by atoms with E-state index in [1.807, 2.05) is 0 Å². The Kier molecular flexibility index (Phi) is 4.77. The van der Waals surface area contributed by atoms with Crippen molar-refractivity contribution in [3.8, 4) is 0 Å². The van der Waals surface area contributed by atoms with Crippen molar-refractivity contribution >= 4 is 5.91 Å². The third-order valence-electron chi connectivity index (χ3n) is 2.01. The quantitative estimate of drug-likeness (QED) is 0.709. The molecule has 1 aromatic rings. The molecule has 82 valence electrons. The van der Waals surface area contributed by atoms with Gasteiger partial charge in [0.05, 0.1) is 11.7 Å². The van der Waals surface area contributed by atoms with Crippen molar-refractivity contribution in [3.63, 3.8) is 0 Å². The Morgan fingerprint density at radius 3 is 3.07 bits per heavy atom. The number of aliphatic hydroxyl groups is 1. The lowest BCUT2D eigenvalue weighted by molar-refractivity contribution is 0.0949. The van der Waals surface area contributed by atoms with Gasteiger partial charge in [-0.2, -0.15) is 0 Å². The van der Waals surface area contributed by atoms with E-state index in [0.717, 1.165) is 6.42 Å². The molecule has 0 aliphatic carbocycles. The first-order valence-electron chi connectivity index (χ1n) is 5.06. The van der Waals surface area contributed by atoms with Crippen molar-refractivity contribution in [1.29, 1.82) is 0 Å². The number of aromatic nitrogens is 1. The van der Waals surface area contributed by atoms with E-state index < -0.39 is 0 Å². The van der Waals surface area contributed by atoms with Gasteiger partial charge >= 0.3 is 0 Å². The summed E-state index contributed by atoms with van der Waals surface area (Å²) >= 11 is 0. The summed E-state index contributed by atoms with van der Waals surface area (Å²) < 4.78 is 0. The number of carbonyl (C=O) groups excluding carboxylic acids is 1. The topological polar surface area (TPSA) is 62.2 Å². The molecule has 0 aromatic carbocycles. The predicted molar refractivity (Wildman–Crippen MR) is 57.5 cm³/mol. The van der Waals surface area contributed by atoms with Crippen LogP contribution in [-0.2, 0) is 0 Å². The second kappa shape index (κ2) is 6.14. The molecule has 2 N–H and O–H groups in total. The molecule has 0 saturated heterocycles. The summed E-state index contributed by atoms with van der Waals surface area (Å²) in [5.41, 5.74) is 0.564. The van der Waals surface area contributed by atoms with Crippen molar-refractivity contribution in [3.05, 3.63) is 30.1 Å². The summed E-state index contributed by atoms with van der Waals surface area (Å²) in [5.74, 6) is -0.117. The fourth-order valence-corrected chi connectivity index (χ4v) is 1.20.